The van der Waals surface area contributed by atoms with Crippen LogP contribution in [0.5, 0.6) is 0 Å². The summed E-state index contributed by atoms with van der Waals surface area (Å²) < 4.78 is 27.7. The fraction of sp³-hybridized carbons (Fsp3) is 0.538. The lowest BCUT2D eigenvalue weighted by Crippen LogP contribution is -2.15. The van der Waals surface area contributed by atoms with Crippen LogP contribution in [0.3, 0.4) is 0 Å². The lowest BCUT2D eigenvalue weighted by Gasteiger charge is -2.07. The summed E-state index contributed by atoms with van der Waals surface area (Å²) >= 11 is 0. The summed E-state index contributed by atoms with van der Waals surface area (Å²) in [7, 11) is -3.73. The summed E-state index contributed by atoms with van der Waals surface area (Å²) in [5.41, 5.74) is 0.976. The zero-order valence-corrected chi connectivity index (χ0v) is 14.2. The largest absolute Gasteiger partial charge is 0.394 e. The molecule has 2 atom stereocenters. The van der Waals surface area contributed by atoms with Crippen molar-refractivity contribution in [2.45, 2.75) is 37.9 Å². The van der Waals surface area contributed by atoms with Crippen LogP contribution >= 0.6 is 13.5 Å². The molecule has 0 aliphatic heterocycles. The van der Waals surface area contributed by atoms with Gasteiger partial charge in [-0.05, 0) is 32.9 Å². The Kier molecular flexibility index (Phi) is 11.9. The Bertz CT molecular complexity index is 468. The van der Waals surface area contributed by atoms with Crippen LogP contribution < -0.4 is 0 Å². The van der Waals surface area contributed by atoms with Gasteiger partial charge in [0.25, 0.3) is 10.1 Å². The molecule has 1 rings (SSSR count). The Morgan fingerprint density at radius 1 is 1.10 bits per heavy atom. The molecule has 0 aromatic heterocycles. The van der Waals surface area contributed by atoms with Crippen LogP contribution in [-0.2, 0) is 14.3 Å². The minimum Gasteiger partial charge on any atom is -0.394 e. The van der Waals surface area contributed by atoms with Gasteiger partial charge in [-0.1, -0.05) is 17.7 Å². The van der Waals surface area contributed by atoms with Crippen LogP contribution in [0.15, 0.2) is 29.2 Å². The standard InChI is InChI=1S/C10H14O4S.C3H8O2.H2S/c1-8-3-5-10(6-4-8)15(12,13)14-7-9(2)11;1-3(5)2-4;/h3-6,9,11H,7H2,1-2H3;3-5H,2H2,1H3;1H2/t9-;3-;/m00./s1. The molecule has 0 fully saturated rings. The van der Waals surface area contributed by atoms with Crippen molar-refractivity contribution in [3.05, 3.63) is 29.8 Å². The second-order valence-corrected chi connectivity index (χ2v) is 6.05. The average molecular weight is 340 g/mol. The third-order valence-electron chi connectivity index (χ3n) is 2.04. The lowest BCUT2D eigenvalue weighted by molar-refractivity contribution is 0.110. The van der Waals surface area contributed by atoms with Crippen molar-refractivity contribution in [1.29, 1.82) is 0 Å². The van der Waals surface area contributed by atoms with Crippen LogP contribution in [0.25, 0.3) is 0 Å². The minimum absolute atomic E-state index is 0. The Labute approximate surface area is 133 Å². The van der Waals surface area contributed by atoms with Gasteiger partial charge in [0.05, 0.1) is 30.3 Å². The minimum atomic E-state index is -3.73. The molecule has 0 radical (unpaired) electrons. The van der Waals surface area contributed by atoms with Gasteiger partial charge in [-0.3, -0.25) is 4.18 Å². The molecule has 0 aliphatic rings. The zero-order chi connectivity index (χ0) is 15.8. The van der Waals surface area contributed by atoms with Crippen molar-refractivity contribution >= 4 is 23.6 Å². The van der Waals surface area contributed by atoms with E-state index in [2.05, 4.69) is 4.18 Å². The molecule has 0 saturated carbocycles. The summed E-state index contributed by atoms with van der Waals surface area (Å²) in [6.07, 6.45) is -1.36. The van der Waals surface area contributed by atoms with E-state index >= 15 is 0 Å². The van der Waals surface area contributed by atoms with E-state index in [1.807, 2.05) is 6.92 Å². The first-order valence-corrected chi connectivity index (χ1v) is 7.53. The Morgan fingerprint density at radius 2 is 1.52 bits per heavy atom. The van der Waals surface area contributed by atoms with Crippen LogP contribution in [0, 0.1) is 6.92 Å². The van der Waals surface area contributed by atoms with Crippen molar-refractivity contribution < 1.29 is 27.9 Å². The molecule has 8 heteroatoms. The van der Waals surface area contributed by atoms with E-state index in [9.17, 15) is 8.42 Å². The molecule has 0 aliphatic carbocycles. The van der Waals surface area contributed by atoms with Crippen LogP contribution in [-0.4, -0.2) is 49.2 Å². The molecule has 0 amide bonds. The third-order valence-corrected chi connectivity index (χ3v) is 3.33. The predicted octanol–water partition coefficient (Wildman–Crippen LogP) is 0.553. The number of aryl methyl sites for hydroxylation is 1. The summed E-state index contributed by atoms with van der Waals surface area (Å²) in [5.74, 6) is 0. The van der Waals surface area contributed by atoms with Crippen molar-refractivity contribution in [3.63, 3.8) is 0 Å². The second-order valence-electron chi connectivity index (χ2n) is 4.43. The van der Waals surface area contributed by atoms with Gasteiger partial charge in [0.2, 0.25) is 0 Å². The highest BCUT2D eigenvalue weighted by atomic mass is 32.2. The smallest absolute Gasteiger partial charge is 0.297 e. The maximum atomic E-state index is 11.5. The normalized spacial score (nSPS) is 13.4. The van der Waals surface area contributed by atoms with Gasteiger partial charge in [0.15, 0.2) is 0 Å². The zero-order valence-electron chi connectivity index (χ0n) is 12.4. The highest BCUT2D eigenvalue weighted by molar-refractivity contribution is 7.86. The second kappa shape index (κ2) is 11.0. The number of benzene rings is 1. The van der Waals surface area contributed by atoms with Crippen molar-refractivity contribution in [2.75, 3.05) is 13.2 Å². The van der Waals surface area contributed by atoms with Gasteiger partial charge in [-0.15, -0.1) is 0 Å². The van der Waals surface area contributed by atoms with Crippen molar-refractivity contribution in [2.24, 2.45) is 0 Å². The number of hydrogen-bond acceptors (Lipinski definition) is 6. The molecular formula is C13H24O6S2. The molecule has 0 bridgehead atoms. The van der Waals surface area contributed by atoms with Gasteiger partial charge in [-0.25, -0.2) is 0 Å². The quantitative estimate of drug-likeness (QED) is 0.677. The Hall–Kier alpha value is -0.640. The first-order valence-electron chi connectivity index (χ1n) is 6.12. The fourth-order valence-corrected chi connectivity index (χ4v) is 1.94. The first kappa shape index (κ1) is 22.6. The molecule has 0 spiro atoms. The summed E-state index contributed by atoms with van der Waals surface area (Å²) in [6.45, 7) is 4.49. The molecule has 124 valence electrons. The molecule has 1 aromatic rings. The molecule has 0 saturated heterocycles. The van der Waals surface area contributed by atoms with Gasteiger partial charge >= 0.3 is 0 Å². The Morgan fingerprint density at radius 3 is 1.86 bits per heavy atom. The highest BCUT2D eigenvalue weighted by Crippen LogP contribution is 2.13. The Balaban J connectivity index is 0. The summed E-state index contributed by atoms with van der Waals surface area (Å²) in [4.78, 5) is 0.105. The van der Waals surface area contributed by atoms with E-state index in [0.717, 1.165) is 5.56 Å². The maximum Gasteiger partial charge on any atom is 0.297 e. The first-order chi connectivity index (χ1) is 9.19. The van der Waals surface area contributed by atoms with Crippen molar-refractivity contribution in [3.8, 4) is 0 Å². The number of rotatable bonds is 5. The molecule has 3 N–H and O–H groups in total. The highest BCUT2D eigenvalue weighted by Gasteiger charge is 2.15. The topological polar surface area (TPSA) is 104 Å². The maximum absolute atomic E-state index is 11.5. The van der Waals surface area contributed by atoms with E-state index in [-0.39, 0.29) is 31.6 Å². The lowest BCUT2D eigenvalue weighted by atomic mass is 10.2. The van der Waals surface area contributed by atoms with E-state index in [0.29, 0.717) is 0 Å². The molecule has 6 nitrogen and oxygen atoms in total. The van der Waals surface area contributed by atoms with E-state index in [1.165, 1.54) is 26.0 Å². The van der Waals surface area contributed by atoms with Gasteiger partial charge in [0, 0.05) is 0 Å². The van der Waals surface area contributed by atoms with Gasteiger partial charge < -0.3 is 15.3 Å². The average Bonchev–Trinajstić information content (AvgIpc) is 2.38. The summed E-state index contributed by atoms with van der Waals surface area (Å²) in [6, 6.07) is 6.34. The number of aliphatic hydroxyl groups excluding tert-OH is 3. The molecule has 0 heterocycles. The monoisotopic (exact) mass is 340 g/mol. The predicted molar refractivity (Wildman–Crippen MR) is 85.1 cm³/mol. The molecule has 21 heavy (non-hydrogen) atoms. The third kappa shape index (κ3) is 10.7. The van der Waals surface area contributed by atoms with E-state index in [1.54, 1.807) is 12.1 Å². The molecule has 0 unspecified atom stereocenters. The van der Waals surface area contributed by atoms with Crippen molar-refractivity contribution in [1.82, 2.24) is 0 Å². The van der Waals surface area contributed by atoms with Crippen LogP contribution in [0.4, 0.5) is 0 Å². The number of aliphatic hydroxyl groups is 3. The summed E-state index contributed by atoms with van der Waals surface area (Å²) in [5, 5.41) is 24.9. The van der Waals surface area contributed by atoms with E-state index in [4.69, 9.17) is 15.3 Å². The van der Waals surface area contributed by atoms with Gasteiger partial charge in [-0.2, -0.15) is 21.9 Å². The molecule has 1 aromatic carbocycles. The van der Waals surface area contributed by atoms with Crippen LogP contribution in [0.2, 0.25) is 0 Å². The van der Waals surface area contributed by atoms with Crippen LogP contribution in [0.1, 0.15) is 19.4 Å². The van der Waals surface area contributed by atoms with E-state index < -0.39 is 22.3 Å². The SMILES string of the molecule is C[C@H](O)CO.Cc1ccc(S(=O)(=O)OC[C@H](C)O)cc1.S. The molecular weight excluding hydrogens is 316 g/mol. The van der Waals surface area contributed by atoms with Gasteiger partial charge in [0.1, 0.15) is 0 Å². The number of hydrogen-bond donors (Lipinski definition) is 3. The fourth-order valence-electron chi connectivity index (χ4n) is 0.961.